The van der Waals surface area contributed by atoms with E-state index < -0.39 is 10.0 Å². The summed E-state index contributed by atoms with van der Waals surface area (Å²) < 4.78 is 28.5. The Morgan fingerprint density at radius 1 is 1.17 bits per heavy atom. The van der Waals surface area contributed by atoms with Gasteiger partial charge >= 0.3 is 0 Å². The molecule has 1 amide bonds. The van der Waals surface area contributed by atoms with Crippen LogP contribution in [-0.2, 0) is 21.2 Å². The first kappa shape index (κ1) is 16.1. The Hall–Kier alpha value is -1.40. The fourth-order valence-electron chi connectivity index (χ4n) is 3.94. The van der Waals surface area contributed by atoms with E-state index in [1.165, 1.54) is 0 Å². The predicted molar refractivity (Wildman–Crippen MR) is 92.5 cm³/mol. The lowest BCUT2D eigenvalue weighted by Gasteiger charge is -2.20. The molecular formula is C18H24N2O3S. The van der Waals surface area contributed by atoms with Gasteiger partial charge in [-0.05, 0) is 56.2 Å². The molecule has 6 heteroatoms. The maximum Gasteiger partial charge on any atom is 0.241 e. The number of carbonyl (C=O) groups excluding carboxylic acids is 1. The van der Waals surface area contributed by atoms with Gasteiger partial charge in [-0.15, -0.1) is 0 Å². The van der Waals surface area contributed by atoms with Gasteiger partial charge in [-0.1, -0.05) is 18.9 Å². The van der Waals surface area contributed by atoms with Gasteiger partial charge in [0, 0.05) is 24.2 Å². The number of sulfonamides is 1. The summed E-state index contributed by atoms with van der Waals surface area (Å²) in [5.41, 5.74) is 2.64. The van der Waals surface area contributed by atoms with Crippen molar-refractivity contribution in [2.75, 3.05) is 11.4 Å². The van der Waals surface area contributed by atoms with Gasteiger partial charge in [0.15, 0.2) is 0 Å². The minimum absolute atomic E-state index is 0.0480. The summed E-state index contributed by atoms with van der Waals surface area (Å²) in [6.07, 6.45) is 6.73. The van der Waals surface area contributed by atoms with E-state index in [0.717, 1.165) is 61.8 Å². The second-order valence-corrected chi connectivity index (χ2v) is 9.05. The van der Waals surface area contributed by atoms with Crippen molar-refractivity contribution in [3.63, 3.8) is 0 Å². The summed E-state index contributed by atoms with van der Waals surface area (Å²) >= 11 is 0. The van der Waals surface area contributed by atoms with Crippen LogP contribution in [0.3, 0.4) is 0 Å². The van der Waals surface area contributed by atoms with Gasteiger partial charge in [0.1, 0.15) is 0 Å². The average molecular weight is 348 g/mol. The minimum atomic E-state index is -3.54. The molecule has 0 radical (unpaired) electrons. The van der Waals surface area contributed by atoms with Gasteiger partial charge in [-0.25, -0.2) is 13.1 Å². The van der Waals surface area contributed by atoms with Gasteiger partial charge in [-0.3, -0.25) is 4.79 Å². The molecule has 24 heavy (non-hydrogen) atoms. The van der Waals surface area contributed by atoms with Crippen molar-refractivity contribution in [2.24, 2.45) is 5.92 Å². The highest BCUT2D eigenvalue weighted by Crippen LogP contribution is 2.38. The Labute approximate surface area is 143 Å². The molecule has 1 heterocycles. The first-order chi connectivity index (χ1) is 11.5. The lowest BCUT2D eigenvalue weighted by atomic mass is 10.1. The maximum absolute atomic E-state index is 12.8. The number of rotatable bonds is 4. The van der Waals surface area contributed by atoms with E-state index >= 15 is 0 Å². The normalized spacial score (nSPS) is 21.3. The van der Waals surface area contributed by atoms with Crippen LogP contribution in [0.4, 0.5) is 5.69 Å². The number of benzene rings is 1. The molecule has 1 aromatic rings. The Morgan fingerprint density at radius 3 is 2.54 bits per heavy atom. The van der Waals surface area contributed by atoms with Crippen molar-refractivity contribution < 1.29 is 13.2 Å². The first-order valence-corrected chi connectivity index (χ1v) is 10.4. The topological polar surface area (TPSA) is 66.5 Å². The van der Waals surface area contributed by atoms with Crippen molar-refractivity contribution in [3.05, 3.63) is 23.3 Å². The molecule has 0 aromatic heterocycles. The summed E-state index contributed by atoms with van der Waals surface area (Å²) in [7, 11) is -3.54. The number of nitrogens with zero attached hydrogens (tertiary/aromatic N) is 1. The van der Waals surface area contributed by atoms with Crippen molar-refractivity contribution in [1.29, 1.82) is 0 Å². The molecule has 0 atom stereocenters. The Kier molecular flexibility index (Phi) is 3.92. The number of aryl methyl sites for hydroxylation is 1. The van der Waals surface area contributed by atoms with Crippen LogP contribution in [0.1, 0.15) is 49.7 Å². The van der Waals surface area contributed by atoms with Crippen LogP contribution in [0.2, 0.25) is 0 Å². The standard InChI is InChI=1S/C18H24N2O3S/c1-12-10-14-8-9-20(18(21)13-6-7-13)16(14)11-17(12)24(22,23)19-15-4-2-3-5-15/h10-11,13,15,19H,2-9H2,1H3. The van der Waals surface area contributed by atoms with Crippen LogP contribution in [-0.4, -0.2) is 26.9 Å². The van der Waals surface area contributed by atoms with Crippen LogP contribution >= 0.6 is 0 Å². The average Bonchev–Trinajstić information content (AvgIpc) is 3.12. The molecule has 0 spiro atoms. The van der Waals surface area contributed by atoms with E-state index in [1.54, 1.807) is 11.0 Å². The fourth-order valence-corrected chi connectivity index (χ4v) is 5.49. The molecule has 5 nitrogen and oxygen atoms in total. The molecular weight excluding hydrogens is 324 g/mol. The number of hydrogen-bond donors (Lipinski definition) is 1. The van der Waals surface area contributed by atoms with Crippen molar-refractivity contribution in [1.82, 2.24) is 4.72 Å². The summed E-state index contributed by atoms with van der Waals surface area (Å²) in [5.74, 6) is 0.304. The Morgan fingerprint density at radius 2 is 1.88 bits per heavy atom. The number of amides is 1. The summed E-state index contributed by atoms with van der Waals surface area (Å²) in [4.78, 5) is 14.6. The van der Waals surface area contributed by atoms with Gasteiger partial charge in [0.25, 0.3) is 0 Å². The van der Waals surface area contributed by atoms with Crippen LogP contribution < -0.4 is 9.62 Å². The molecule has 0 bridgehead atoms. The SMILES string of the molecule is Cc1cc2c(cc1S(=O)(=O)NC1CCCC1)N(C(=O)C1CC1)CC2. The summed E-state index contributed by atoms with van der Waals surface area (Å²) in [6, 6.07) is 3.71. The van der Waals surface area contributed by atoms with Gasteiger partial charge in [-0.2, -0.15) is 0 Å². The third kappa shape index (κ3) is 2.86. The highest BCUT2D eigenvalue weighted by molar-refractivity contribution is 7.89. The largest absolute Gasteiger partial charge is 0.312 e. The van der Waals surface area contributed by atoms with Crippen molar-refractivity contribution in [3.8, 4) is 0 Å². The number of anilines is 1. The third-order valence-electron chi connectivity index (χ3n) is 5.43. The Balaban J connectivity index is 1.66. The van der Waals surface area contributed by atoms with Crippen LogP contribution in [0.15, 0.2) is 17.0 Å². The van der Waals surface area contributed by atoms with E-state index in [2.05, 4.69) is 4.72 Å². The molecule has 0 unspecified atom stereocenters. The van der Waals surface area contributed by atoms with E-state index in [1.807, 2.05) is 13.0 Å². The summed E-state index contributed by atoms with van der Waals surface area (Å²) in [6.45, 7) is 2.51. The van der Waals surface area contributed by atoms with Crippen LogP contribution in [0.25, 0.3) is 0 Å². The highest BCUT2D eigenvalue weighted by atomic mass is 32.2. The van der Waals surface area contributed by atoms with Gasteiger partial charge in [0.2, 0.25) is 15.9 Å². The van der Waals surface area contributed by atoms with E-state index in [9.17, 15) is 13.2 Å². The number of carbonyl (C=O) groups is 1. The van der Waals surface area contributed by atoms with E-state index in [4.69, 9.17) is 0 Å². The van der Waals surface area contributed by atoms with Gasteiger partial charge < -0.3 is 4.90 Å². The molecule has 4 rings (SSSR count). The zero-order valence-corrected chi connectivity index (χ0v) is 14.9. The lowest BCUT2D eigenvalue weighted by molar-refractivity contribution is -0.119. The van der Waals surface area contributed by atoms with Crippen molar-refractivity contribution >= 4 is 21.6 Å². The van der Waals surface area contributed by atoms with E-state index in [0.29, 0.717) is 11.4 Å². The second kappa shape index (κ2) is 5.85. The molecule has 3 aliphatic rings. The predicted octanol–water partition coefficient (Wildman–Crippen LogP) is 2.52. The molecule has 2 fully saturated rings. The molecule has 1 aromatic carbocycles. The molecule has 0 saturated heterocycles. The minimum Gasteiger partial charge on any atom is -0.312 e. The monoisotopic (exact) mass is 348 g/mol. The highest BCUT2D eigenvalue weighted by Gasteiger charge is 2.37. The second-order valence-electron chi connectivity index (χ2n) is 7.36. The quantitative estimate of drug-likeness (QED) is 0.909. The fraction of sp³-hybridized carbons (Fsp3) is 0.611. The zero-order valence-electron chi connectivity index (χ0n) is 14.0. The smallest absolute Gasteiger partial charge is 0.241 e. The lowest BCUT2D eigenvalue weighted by Crippen LogP contribution is -2.33. The molecule has 2 aliphatic carbocycles. The molecule has 1 aliphatic heterocycles. The number of nitrogens with one attached hydrogen (secondary N) is 1. The molecule has 1 N–H and O–H groups in total. The zero-order chi connectivity index (χ0) is 16.9. The summed E-state index contributed by atoms with van der Waals surface area (Å²) in [5, 5.41) is 0. The van der Waals surface area contributed by atoms with Crippen LogP contribution in [0, 0.1) is 12.8 Å². The van der Waals surface area contributed by atoms with Gasteiger partial charge in [0.05, 0.1) is 4.90 Å². The van der Waals surface area contributed by atoms with E-state index in [-0.39, 0.29) is 17.9 Å². The number of hydrogen-bond acceptors (Lipinski definition) is 3. The molecule has 2 saturated carbocycles. The number of fused-ring (bicyclic) bond motifs is 1. The van der Waals surface area contributed by atoms with Crippen molar-refractivity contribution in [2.45, 2.75) is 62.8 Å². The third-order valence-corrected chi connectivity index (χ3v) is 7.09. The van der Waals surface area contributed by atoms with Crippen LogP contribution in [0.5, 0.6) is 0 Å². The Bertz CT molecular complexity index is 778. The molecule has 130 valence electrons. The maximum atomic E-state index is 12.8. The first-order valence-electron chi connectivity index (χ1n) is 8.93.